The number of hydrogen-bond acceptors (Lipinski definition) is 7. The third-order valence-corrected chi connectivity index (χ3v) is 6.69. The summed E-state index contributed by atoms with van der Waals surface area (Å²) in [5, 5.41) is 7.37. The molecule has 2 aliphatic rings. The maximum atomic E-state index is 12.8. The maximum Gasteiger partial charge on any atom is 0.228 e. The molecule has 0 spiro atoms. The molecule has 4 heterocycles. The van der Waals surface area contributed by atoms with Crippen LogP contribution in [-0.4, -0.2) is 72.3 Å². The summed E-state index contributed by atoms with van der Waals surface area (Å²) in [5.41, 5.74) is 2.62. The first-order valence-electron chi connectivity index (χ1n) is 11.4. The molecule has 2 fully saturated rings. The highest BCUT2D eigenvalue weighted by molar-refractivity contribution is 5.96. The van der Waals surface area contributed by atoms with Crippen LogP contribution in [0.25, 0.3) is 22.2 Å². The third-order valence-electron chi connectivity index (χ3n) is 6.69. The summed E-state index contributed by atoms with van der Waals surface area (Å²) >= 11 is 0. The van der Waals surface area contributed by atoms with Gasteiger partial charge in [0.2, 0.25) is 11.8 Å². The van der Waals surface area contributed by atoms with E-state index in [4.69, 9.17) is 9.47 Å². The van der Waals surface area contributed by atoms with Crippen molar-refractivity contribution in [2.45, 2.75) is 6.42 Å². The second kappa shape index (κ2) is 8.99. The van der Waals surface area contributed by atoms with Crippen LogP contribution in [0.15, 0.2) is 30.6 Å². The molecule has 33 heavy (non-hydrogen) atoms. The van der Waals surface area contributed by atoms with Crippen molar-refractivity contribution in [1.29, 1.82) is 0 Å². The van der Waals surface area contributed by atoms with Crippen molar-refractivity contribution in [3.05, 3.63) is 30.6 Å². The fraction of sp³-hybridized carbons (Fsp3) is 0.458. The van der Waals surface area contributed by atoms with Gasteiger partial charge in [0.1, 0.15) is 17.1 Å². The van der Waals surface area contributed by atoms with Crippen molar-refractivity contribution in [1.82, 2.24) is 24.8 Å². The van der Waals surface area contributed by atoms with Gasteiger partial charge in [-0.15, -0.1) is 0 Å². The summed E-state index contributed by atoms with van der Waals surface area (Å²) < 4.78 is 13.1. The van der Waals surface area contributed by atoms with E-state index in [2.05, 4.69) is 25.5 Å². The van der Waals surface area contributed by atoms with Gasteiger partial charge in [0.15, 0.2) is 0 Å². The zero-order valence-electron chi connectivity index (χ0n) is 19.3. The highest BCUT2D eigenvalue weighted by Crippen LogP contribution is 2.41. The lowest BCUT2D eigenvalue weighted by atomic mass is 10.1. The SMILES string of the molecule is COc1ccnc(OC)c1-c1cc2cc(NC(=O)[C@@H]3C[C@H]3CN3CCNCC3)ncc2n1C. The Morgan fingerprint density at radius 1 is 1.21 bits per heavy atom. The van der Waals surface area contributed by atoms with E-state index in [-0.39, 0.29) is 11.8 Å². The number of fused-ring (bicyclic) bond motifs is 1. The molecule has 0 radical (unpaired) electrons. The van der Waals surface area contributed by atoms with Gasteiger partial charge in [-0.3, -0.25) is 4.79 Å². The smallest absolute Gasteiger partial charge is 0.228 e. The van der Waals surface area contributed by atoms with Crippen LogP contribution in [0.4, 0.5) is 5.82 Å². The van der Waals surface area contributed by atoms with Crippen molar-refractivity contribution >= 4 is 22.6 Å². The molecule has 2 N–H and O–H groups in total. The van der Waals surface area contributed by atoms with E-state index in [9.17, 15) is 4.79 Å². The molecule has 0 unspecified atom stereocenters. The van der Waals surface area contributed by atoms with Crippen molar-refractivity contribution in [2.24, 2.45) is 18.9 Å². The normalized spacial score (nSPS) is 20.6. The molecule has 5 rings (SSSR count). The summed E-state index contributed by atoms with van der Waals surface area (Å²) in [4.78, 5) is 24.1. The summed E-state index contributed by atoms with van der Waals surface area (Å²) in [6, 6.07) is 5.77. The van der Waals surface area contributed by atoms with Crippen LogP contribution in [0, 0.1) is 11.8 Å². The second-order valence-corrected chi connectivity index (χ2v) is 8.76. The number of amides is 1. The van der Waals surface area contributed by atoms with Crippen molar-refractivity contribution in [3.8, 4) is 22.9 Å². The predicted molar refractivity (Wildman–Crippen MR) is 127 cm³/mol. The lowest BCUT2D eigenvalue weighted by molar-refractivity contribution is -0.117. The number of carbonyl (C=O) groups is 1. The van der Waals surface area contributed by atoms with Crippen LogP contribution < -0.4 is 20.1 Å². The van der Waals surface area contributed by atoms with Gasteiger partial charge in [-0.05, 0) is 30.5 Å². The van der Waals surface area contributed by atoms with Crippen molar-refractivity contribution in [2.75, 3.05) is 52.3 Å². The number of piperazine rings is 1. The first kappa shape index (κ1) is 21.7. The monoisotopic (exact) mass is 450 g/mol. The molecule has 3 aromatic rings. The first-order chi connectivity index (χ1) is 16.1. The number of rotatable bonds is 7. The highest BCUT2D eigenvalue weighted by atomic mass is 16.5. The molecule has 9 heteroatoms. The third kappa shape index (κ3) is 4.26. The molecule has 174 valence electrons. The Balaban J connectivity index is 1.33. The van der Waals surface area contributed by atoms with Crippen LogP contribution in [0.2, 0.25) is 0 Å². The second-order valence-electron chi connectivity index (χ2n) is 8.76. The van der Waals surface area contributed by atoms with Gasteiger partial charge >= 0.3 is 0 Å². The van der Waals surface area contributed by atoms with E-state index in [0.29, 0.717) is 23.4 Å². The average molecular weight is 451 g/mol. The first-order valence-corrected chi connectivity index (χ1v) is 11.4. The van der Waals surface area contributed by atoms with E-state index in [1.807, 2.05) is 29.8 Å². The number of anilines is 1. The van der Waals surface area contributed by atoms with Gasteiger partial charge in [-0.25, -0.2) is 9.97 Å². The van der Waals surface area contributed by atoms with E-state index in [1.165, 1.54) is 0 Å². The number of pyridine rings is 2. The molecule has 1 aliphatic carbocycles. The average Bonchev–Trinajstić information content (AvgIpc) is 3.54. The van der Waals surface area contributed by atoms with E-state index in [0.717, 1.165) is 61.3 Å². The maximum absolute atomic E-state index is 12.8. The number of hydrogen-bond donors (Lipinski definition) is 2. The molecular formula is C24H30N6O3. The van der Waals surface area contributed by atoms with Crippen LogP contribution in [0.3, 0.4) is 0 Å². The molecule has 1 saturated carbocycles. The molecule has 0 bridgehead atoms. The minimum absolute atomic E-state index is 0.0636. The molecular weight excluding hydrogens is 420 g/mol. The van der Waals surface area contributed by atoms with E-state index >= 15 is 0 Å². The zero-order chi connectivity index (χ0) is 22.9. The minimum Gasteiger partial charge on any atom is -0.496 e. The summed E-state index contributed by atoms with van der Waals surface area (Å²) in [6.07, 6.45) is 4.40. The number of nitrogens with one attached hydrogen (secondary N) is 2. The van der Waals surface area contributed by atoms with Gasteiger partial charge in [-0.1, -0.05) is 0 Å². The Kier molecular flexibility index (Phi) is 5.90. The molecule has 3 aromatic heterocycles. The minimum atomic E-state index is 0.0636. The number of carbonyl (C=O) groups excluding carboxylic acids is 1. The molecule has 1 aliphatic heterocycles. The Bertz CT molecular complexity index is 1150. The zero-order valence-corrected chi connectivity index (χ0v) is 19.3. The quantitative estimate of drug-likeness (QED) is 0.570. The van der Waals surface area contributed by atoms with Crippen molar-refractivity contribution in [3.63, 3.8) is 0 Å². The Morgan fingerprint density at radius 3 is 2.79 bits per heavy atom. The lowest BCUT2D eigenvalue weighted by Gasteiger charge is -2.27. The molecule has 9 nitrogen and oxygen atoms in total. The predicted octanol–water partition coefficient (Wildman–Crippen LogP) is 2.13. The number of aromatic nitrogens is 3. The number of ether oxygens (including phenoxy) is 2. The fourth-order valence-corrected chi connectivity index (χ4v) is 4.74. The fourth-order valence-electron chi connectivity index (χ4n) is 4.74. The Labute approximate surface area is 193 Å². The standard InChI is InChI=1S/C24H30N6O3/c1-29-18(22-20(32-2)4-5-26-24(22)33-3)11-15-12-21(27-13-19(15)29)28-23(31)17-10-16(17)14-30-8-6-25-7-9-30/h4-5,11-13,16-17,25H,6-10,14H2,1-3H3,(H,27,28,31)/t16-,17+/m0/s1. The van der Waals surface area contributed by atoms with Crippen molar-refractivity contribution < 1.29 is 14.3 Å². The lowest BCUT2D eigenvalue weighted by Crippen LogP contribution is -2.44. The van der Waals surface area contributed by atoms with Gasteiger partial charge in [0.25, 0.3) is 0 Å². The van der Waals surface area contributed by atoms with Crippen LogP contribution >= 0.6 is 0 Å². The summed E-state index contributed by atoms with van der Waals surface area (Å²) in [7, 11) is 5.19. The highest BCUT2D eigenvalue weighted by Gasteiger charge is 2.43. The number of nitrogens with zero attached hydrogens (tertiary/aromatic N) is 4. The van der Waals surface area contributed by atoms with Gasteiger partial charge in [0, 0.05) is 57.3 Å². The Hall–Kier alpha value is -3.17. The molecule has 2 atom stereocenters. The largest absolute Gasteiger partial charge is 0.496 e. The molecule has 1 amide bonds. The molecule has 1 saturated heterocycles. The molecule has 0 aromatic carbocycles. The van der Waals surface area contributed by atoms with Gasteiger partial charge in [-0.2, -0.15) is 0 Å². The van der Waals surface area contributed by atoms with Gasteiger partial charge < -0.3 is 29.6 Å². The Morgan fingerprint density at radius 2 is 2.03 bits per heavy atom. The topological polar surface area (TPSA) is 93.5 Å². The van der Waals surface area contributed by atoms with Crippen LogP contribution in [0.1, 0.15) is 6.42 Å². The number of methoxy groups -OCH3 is 2. The summed E-state index contributed by atoms with van der Waals surface area (Å²) in [6.45, 7) is 5.19. The van der Waals surface area contributed by atoms with Crippen LogP contribution in [-0.2, 0) is 11.8 Å². The van der Waals surface area contributed by atoms with E-state index < -0.39 is 0 Å². The number of aryl methyl sites for hydroxylation is 1. The van der Waals surface area contributed by atoms with Gasteiger partial charge in [0.05, 0.1) is 31.6 Å². The van der Waals surface area contributed by atoms with E-state index in [1.54, 1.807) is 26.6 Å². The summed E-state index contributed by atoms with van der Waals surface area (Å²) in [5.74, 6) is 2.33. The van der Waals surface area contributed by atoms with Crippen LogP contribution in [0.5, 0.6) is 11.6 Å².